The molecule has 0 spiro atoms. The van der Waals surface area contributed by atoms with E-state index in [1.165, 1.54) is 0 Å². The lowest BCUT2D eigenvalue weighted by molar-refractivity contribution is -0.125. The van der Waals surface area contributed by atoms with E-state index in [0.29, 0.717) is 25.1 Å². The van der Waals surface area contributed by atoms with E-state index in [2.05, 4.69) is 5.10 Å². The number of amides is 1. The highest BCUT2D eigenvalue weighted by Gasteiger charge is 2.31. The molecule has 5 heteroatoms. The van der Waals surface area contributed by atoms with Gasteiger partial charge in [-0.2, -0.15) is 5.10 Å². The lowest BCUT2D eigenvalue weighted by Gasteiger charge is -2.31. The highest BCUT2D eigenvalue weighted by molar-refractivity contribution is 5.96. The number of piperidine rings is 1. The van der Waals surface area contributed by atoms with Gasteiger partial charge in [-0.15, -0.1) is 0 Å². The Morgan fingerprint density at radius 2 is 2.00 bits per heavy atom. The fourth-order valence-corrected chi connectivity index (χ4v) is 2.46. The zero-order chi connectivity index (χ0) is 13.9. The molecule has 1 aliphatic rings. The summed E-state index contributed by atoms with van der Waals surface area (Å²) < 4.78 is 1.63. The van der Waals surface area contributed by atoms with Crippen LogP contribution in [0, 0.1) is 0 Å². The largest absolute Gasteiger partial charge is 0.336 e. The van der Waals surface area contributed by atoms with Crippen LogP contribution < -0.4 is 0 Å². The van der Waals surface area contributed by atoms with Crippen molar-refractivity contribution in [2.45, 2.75) is 12.5 Å². The lowest BCUT2D eigenvalue weighted by atomic mass is 10.0. The summed E-state index contributed by atoms with van der Waals surface area (Å²) in [6, 6.07) is 10.6. The maximum atomic E-state index is 12.4. The molecule has 2 aromatic rings. The number of carbonyl (C=O) groups excluding carboxylic acids is 2. The van der Waals surface area contributed by atoms with Crippen LogP contribution >= 0.6 is 0 Å². The van der Waals surface area contributed by atoms with Gasteiger partial charge in [-0.1, -0.05) is 18.2 Å². The van der Waals surface area contributed by atoms with Crippen molar-refractivity contribution < 1.29 is 9.59 Å². The van der Waals surface area contributed by atoms with Gasteiger partial charge in [0.1, 0.15) is 6.04 Å². The third-order valence-corrected chi connectivity index (χ3v) is 3.55. The van der Waals surface area contributed by atoms with E-state index in [1.807, 2.05) is 18.2 Å². The van der Waals surface area contributed by atoms with Gasteiger partial charge in [0.15, 0.2) is 5.78 Å². The summed E-state index contributed by atoms with van der Waals surface area (Å²) >= 11 is 0. The Labute approximate surface area is 116 Å². The molecular weight excluding hydrogens is 254 g/mol. The van der Waals surface area contributed by atoms with Gasteiger partial charge < -0.3 is 4.90 Å². The van der Waals surface area contributed by atoms with Crippen LogP contribution in [-0.2, 0) is 4.79 Å². The molecule has 0 radical (unpaired) electrons. The Hall–Kier alpha value is -2.43. The van der Waals surface area contributed by atoms with Gasteiger partial charge in [0.25, 0.3) is 5.91 Å². The zero-order valence-electron chi connectivity index (χ0n) is 11.0. The van der Waals surface area contributed by atoms with Gasteiger partial charge in [0, 0.05) is 30.9 Å². The fraction of sp³-hybridized carbons (Fsp3) is 0.267. The second kappa shape index (κ2) is 5.28. The van der Waals surface area contributed by atoms with Crippen LogP contribution in [0.1, 0.15) is 22.8 Å². The number of Topliss-reactive ketones (excluding diaryl/α,β-unsaturated/α-hetero) is 1. The lowest BCUT2D eigenvalue weighted by Crippen LogP contribution is -2.45. The summed E-state index contributed by atoms with van der Waals surface area (Å²) in [5, 5.41) is 4.11. The minimum Gasteiger partial charge on any atom is -0.336 e. The Morgan fingerprint density at radius 3 is 2.70 bits per heavy atom. The predicted octanol–water partition coefficient (Wildman–Crippen LogP) is 1.54. The molecule has 3 rings (SSSR count). The average molecular weight is 269 g/mol. The van der Waals surface area contributed by atoms with Crippen LogP contribution in [0.4, 0.5) is 0 Å². The van der Waals surface area contributed by atoms with Gasteiger partial charge in [-0.3, -0.25) is 14.3 Å². The number of benzene rings is 1. The monoisotopic (exact) mass is 269 g/mol. The van der Waals surface area contributed by atoms with E-state index in [-0.39, 0.29) is 17.7 Å². The van der Waals surface area contributed by atoms with Crippen LogP contribution in [0.25, 0.3) is 0 Å². The average Bonchev–Trinajstić information content (AvgIpc) is 3.02. The number of nitrogens with zero attached hydrogens (tertiary/aromatic N) is 3. The maximum absolute atomic E-state index is 12.4. The molecule has 1 aliphatic heterocycles. The van der Waals surface area contributed by atoms with E-state index in [4.69, 9.17) is 0 Å². The molecule has 1 atom stereocenters. The summed E-state index contributed by atoms with van der Waals surface area (Å²) in [6.07, 6.45) is 3.79. The summed E-state index contributed by atoms with van der Waals surface area (Å²) in [7, 11) is 0. The highest BCUT2D eigenvalue weighted by Crippen LogP contribution is 2.19. The standard InChI is InChI=1S/C15H15N3O2/c19-14-7-10-17(11-13(14)18-9-4-8-16-18)15(20)12-5-2-1-3-6-12/h1-6,8-9,13H,7,10-11H2. The second-order valence-electron chi connectivity index (χ2n) is 4.84. The predicted molar refractivity (Wildman–Crippen MR) is 73.2 cm³/mol. The summed E-state index contributed by atoms with van der Waals surface area (Å²) in [4.78, 5) is 26.1. The Balaban J connectivity index is 1.79. The van der Waals surface area contributed by atoms with E-state index in [1.54, 1.807) is 40.2 Å². The molecule has 1 saturated heterocycles. The molecule has 0 N–H and O–H groups in total. The van der Waals surface area contributed by atoms with Crippen molar-refractivity contribution in [3.8, 4) is 0 Å². The van der Waals surface area contributed by atoms with Gasteiger partial charge in [0.2, 0.25) is 0 Å². The van der Waals surface area contributed by atoms with Crippen molar-refractivity contribution >= 4 is 11.7 Å². The topological polar surface area (TPSA) is 55.2 Å². The number of carbonyl (C=O) groups is 2. The maximum Gasteiger partial charge on any atom is 0.253 e. The molecule has 0 saturated carbocycles. The number of hydrogen-bond donors (Lipinski definition) is 0. The zero-order valence-corrected chi connectivity index (χ0v) is 11.0. The van der Waals surface area contributed by atoms with Crippen molar-refractivity contribution in [2.24, 2.45) is 0 Å². The van der Waals surface area contributed by atoms with Crippen molar-refractivity contribution in [1.82, 2.24) is 14.7 Å². The molecule has 1 aromatic heterocycles. The highest BCUT2D eigenvalue weighted by atomic mass is 16.2. The molecule has 20 heavy (non-hydrogen) atoms. The third-order valence-electron chi connectivity index (χ3n) is 3.55. The summed E-state index contributed by atoms with van der Waals surface area (Å²) in [5.74, 6) is 0.0982. The first-order valence-corrected chi connectivity index (χ1v) is 6.62. The van der Waals surface area contributed by atoms with Crippen LogP contribution in [0.5, 0.6) is 0 Å². The van der Waals surface area contributed by atoms with Crippen LogP contribution in [0.3, 0.4) is 0 Å². The SMILES string of the molecule is O=C1CCN(C(=O)c2ccccc2)CC1n1cccn1. The van der Waals surface area contributed by atoms with E-state index in [9.17, 15) is 9.59 Å². The second-order valence-corrected chi connectivity index (χ2v) is 4.84. The molecule has 5 nitrogen and oxygen atoms in total. The summed E-state index contributed by atoms with van der Waals surface area (Å²) in [5.41, 5.74) is 0.654. The fourth-order valence-electron chi connectivity index (χ4n) is 2.46. The normalized spacial score (nSPS) is 19.1. The van der Waals surface area contributed by atoms with Crippen molar-refractivity contribution in [3.63, 3.8) is 0 Å². The third kappa shape index (κ3) is 2.34. The van der Waals surface area contributed by atoms with E-state index < -0.39 is 0 Å². The van der Waals surface area contributed by atoms with Crippen LogP contribution in [-0.4, -0.2) is 39.5 Å². The Morgan fingerprint density at radius 1 is 1.20 bits per heavy atom. The molecule has 1 fully saturated rings. The van der Waals surface area contributed by atoms with Gasteiger partial charge >= 0.3 is 0 Å². The van der Waals surface area contributed by atoms with Crippen LogP contribution in [0.2, 0.25) is 0 Å². The molecule has 1 aromatic carbocycles. The quantitative estimate of drug-likeness (QED) is 0.831. The summed E-state index contributed by atoms with van der Waals surface area (Å²) in [6.45, 7) is 0.860. The van der Waals surface area contributed by atoms with Crippen molar-refractivity contribution in [2.75, 3.05) is 13.1 Å². The number of likely N-dealkylation sites (tertiary alicyclic amines) is 1. The minimum atomic E-state index is -0.369. The van der Waals surface area contributed by atoms with E-state index in [0.717, 1.165) is 0 Å². The number of rotatable bonds is 2. The number of ketones is 1. The van der Waals surface area contributed by atoms with Gasteiger partial charge in [0.05, 0.1) is 6.54 Å². The first-order valence-electron chi connectivity index (χ1n) is 6.62. The molecule has 0 aliphatic carbocycles. The molecule has 2 heterocycles. The van der Waals surface area contributed by atoms with Crippen LogP contribution in [0.15, 0.2) is 48.8 Å². The Kier molecular flexibility index (Phi) is 3.33. The molecule has 1 unspecified atom stereocenters. The van der Waals surface area contributed by atoms with Gasteiger partial charge in [-0.05, 0) is 18.2 Å². The smallest absolute Gasteiger partial charge is 0.253 e. The van der Waals surface area contributed by atoms with Crippen molar-refractivity contribution in [3.05, 3.63) is 54.4 Å². The molecule has 102 valence electrons. The van der Waals surface area contributed by atoms with Crippen molar-refractivity contribution in [1.29, 1.82) is 0 Å². The Bertz CT molecular complexity index is 607. The molecular formula is C15H15N3O2. The molecule has 1 amide bonds. The number of aromatic nitrogens is 2. The van der Waals surface area contributed by atoms with Gasteiger partial charge in [-0.25, -0.2) is 0 Å². The van der Waals surface area contributed by atoms with E-state index >= 15 is 0 Å². The number of hydrogen-bond acceptors (Lipinski definition) is 3. The molecule has 0 bridgehead atoms. The minimum absolute atomic E-state index is 0.0322. The first kappa shape index (κ1) is 12.6. The first-order chi connectivity index (χ1) is 9.75.